The summed E-state index contributed by atoms with van der Waals surface area (Å²) < 4.78 is 2.49. The topological polar surface area (TPSA) is 60.9 Å². The van der Waals surface area contributed by atoms with Crippen LogP contribution in [0.4, 0.5) is 5.69 Å². The van der Waals surface area contributed by atoms with E-state index in [9.17, 15) is 4.79 Å². The van der Waals surface area contributed by atoms with E-state index < -0.39 is 0 Å². The van der Waals surface area contributed by atoms with Gasteiger partial charge in [0.05, 0.1) is 11.0 Å². The molecule has 118 valence electrons. The molecule has 0 unspecified atom stereocenters. The Balaban J connectivity index is 2.11. The second-order valence-corrected chi connectivity index (χ2v) is 6.66. The molecule has 1 aromatic heterocycles. The number of aromatic nitrogens is 2. The number of nitrogens with two attached hydrogens (primary N) is 1. The van der Waals surface area contributed by atoms with Gasteiger partial charge in [-0.05, 0) is 41.1 Å². The van der Waals surface area contributed by atoms with Gasteiger partial charge < -0.3 is 10.3 Å². The Kier molecular flexibility index (Phi) is 3.39. The van der Waals surface area contributed by atoms with Crippen LogP contribution in [0.5, 0.6) is 0 Å². The van der Waals surface area contributed by atoms with Crippen LogP contribution in [0.2, 0.25) is 0 Å². The highest BCUT2D eigenvalue weighted by Gasteiger charge is 2.14. The van der Waals surface area contributed by atoms with Gasteiger partial charge in [-0.1, -0.05) is 40.2 Å². The number of hydrogen-bond donors (Lipinski definition) is 1. The molecule has 0 fully saturated rings. The van der Waals surface area contributed by atoms with Crippen LogP contribution in [-0.2, 0) is 7.05 Å². The van der Waals surface area contributed by atoms with Crippen molar-refractivity contribution in [3.05, 3.63) is 69.4 Å². The Morgan fingerprint density at radius 1 is 1.04 bits per heavy atom. The van der Waals surface area contributed by atoms with E-state index in [1.807, 2.05) is 48.5 Å². The van der Waals surface area contributed by atoms with Crippen molar-refractivity contribution < 1.29 is 0 Å². The van der Waals surface area contributed by atoms with Crippen LogP contribution in [-0.4, -0.2) is 9.55 Å². The monoisotopic (exact) mass is 379 g/mol. The van der Waals surface area contributed by atoms with Gasteiger partial charge >= 0.3 is 0 Å². The first-order valence-corrected chi connectivity index (χ1v) is 8.29. The van der Waals surface area contributed by atoms with E-state index in [-0.39, 0.29) is 5.56 Å². The van der Waals surface area contributed by atoms with Gasteiger partial charge in [0, 0.05) is 22.8 Å². The van der Waals surface area contributed by atoms with Gasteiger partial charge in [0.15, 0.2) is 0 Å². The van der Waals surface area contributed by atoms with Gasteiger partial charge in [0.25, 0.3) is 5.56 Å². The second kappa shape index (κ2) is 5.46. The summed E-state index contributed by atoms with van der Waals surface area (Å²) >= 11 is 3.43. The Hall–Kier alpha value is -2.66. The van der Waals surface area contributed by atoms with Crippen LogP contribution in [0, 0.1) is 0 Å². The number of anilines is 1. The van der Waals surface area contributed by atoms with Crippen molar-refractivity contribution in [3.8, 4) is 11.3 Å². The molecule has 0 aliphatic carbocycles. The fourth-order valence-corrected chi connectivity index (χ4v) is 3.28. The SMILES string of the molecule is Cn1c(=O)c(-c2cc(Br)ccc2N)nc2cc3ccccc3cc21. The molecule has 4 rings (SSSR count). The van der Waals surface area contributed by atoms with Crippen LogP contribution in [0.3, 0.4) is 0 Å². The molecule has 4 nitrogen and oxygen atoms in total. The van der Waals surface area contributed by atoms with E-state index in [4.69, 9.17) is 5.73 Å². The fraction of sp³-hybridized carbons (Fsp3) is 0.0526. The van der Waals surface area contributed by atoms with Crippen molar-refractivity contribution in [1.82, 2.24) is 9.55 Å². The number of aryl methyl sites for hydroxylation is 1. The van der Waals surface area contributed by atoms with Crippen molar-refractivity contribution in [2.75, 3.05) is 5.73 Å². The lowest BCUT2D eigenvalue weighted by atomic mass is 10.1. The van der Waals surface area contributed by atoms with Gasteiger partial charge in [0.2, 0.25) is 0 Å². The van der Waals surface area contributed by atoms with Gasteiger partial charge in [-0.3, -0.25) is 4.79 Å². The number of rotatable bonds is 1. The highest BCUT2D eigenvalue weighted by atomic mass is 79.9. The number of benzene rings is 3. The van der Waals surface area contributed by atoms with Gasteiger partial charge in [0.1, 0.15) is 5.69 Å². The number of nitrogen functional groups attached to an aromatic ring is 1. The smallest absolute Gasteiger partial charge is 0.277 e. The van der Waals surface area contributed by atoms with Gasteiger partial charge in [-0.15, -0.1) is 0 Å². The Morgan fingerprint density at radius 2 is 1.75 bits per heavy atom. The number of halogens is 1. The van der Waals surface area contributed by atoms with E-state index in [0.29, 0.717) is 16.9 Å². The molecule has 24 heavy (non-hydrogen) atoms. The molecular weight excluding hydrogens is 366 g/mol. The number of hydrogen-bond acceptors (Lipinski definition) is 3. The van der Waals surface area contributed by atoms with Crippen LogP contribution in [0.25, 0.3) is 33.1 Å². The van der Waals surface area contributed by atoms with E-state index in [2.05, 4.69) is 20.9 Å². The van der Waals surface area contributed by atoms with Crippen molar-refractivity contribution in [1.29, 1.82) is 0 Å². The lowest BCUT2D eigenvalue weighted by Crippen LogP contribution is -2.21. The Morgan fingerprint density at radius 3 is 2.50 bits per heavy atom. The third-order valence-electron chi connectivity index (χ3n) is 4.21. The van der Waals surface area contributed by atoms with Crippen molar-refractivity contribution in [3.63, 3.8) is 0 Å². The van der Waals surface area contributed by atoms with Gasteiger partial charge in [-0.2, -0.15) is 0 Å². The summed E-state index contributed by atoms with van der Waals surface area (Å²) in [7, 11) is 1.76. The maximum Gasteiger partial charge on any atom is 0.277 e. The summed E-state index contributed by atoms with van der Waals surface area (Å²) in [4.78, 5) is 17.4. The molecule has 3 aromatic carbocycles. The minimum atomic E-state index is -0.164. The predicted octanol–water partition coefficient (Wildman–Crippen LogP) is 4.10. The summed E-state index contributed by atoms with van der Waals surface area (Å²) in [6.45, 7) is 0. The lowest BCUT2D eigenvalue weighted by Gasteiger charge is -2.11. The molecule has 0 amide bonds. The first kappa shape index (κ1) is 14.9. The molecule has 0 aliphatic heterocycles. The zero-order valence-corrected chi connectivity index (χ0v) is 14.5. The summed E-state index contributed by atoms with van der Waals surface area (Å²) in [5.74, 6) is 0. The molecule has 0 bridgehead atoms. The van der Waals surface area contributed by atoms with E-state index in [1.54, 1.807) is 17.7 Å². The molecule has 0 saturated heterocycles. The average molecular weight is 380 g/mol. The highest BCUT2D eigenvalue weighted by molar-refractivity contribution is 9.10. The molecule has 5 heteroatoms. The molecule has 0 radical (unpaired) electrons. The van der Waals surface area contributed by atoms with E-state index in [1.165, 1.54) is 0 Å². The standard InChI is InChI=1S/C19H14BrN3O/c1-23-17-9-12-5-3-2-4-11(12)8-16(17)22-18(19(23)24)14-10-13(20)6-7-15(14)21/h2-10H,21H2,1H3. The highest BCUT2D eigenvalue weighted by Crippen LogP contribution is 2.28. The molecule has 2 N–H and O–H groups in total. The minimum absolute atomic E-state index is 0.164. The first-order chi connectivity index (χ1) is 11.5. The summed E-state index contributed by atoms with van der Waals surface area (Å²) in [5.41, 5.74) is 9.00. The van der Waals surface area contributed by atoms with Crippen LogP contribution < -0.4 is 11.3 Å². The van der Waals surface area contributed by atoms with Crippen LogP contribution >= 0.6 is 15.9 Å². The zero-order chi connectivity index (χ0) is 16.8. The Bertz CT molecular complexity index is 1160. The largest absolute Gasteiger partial charge is 0.398 e. The third-order valence-corrected chi connectivity index (χ3v) is 4.71. The number of fused-ring (bicyclic) bond motifs is 2. The summed E-state index contributed by atoms with van der Waals surface area (Å²) in [6.07, 6.45) is 0. The van der Waals surface area contributed by atoms with Gasteiger partial charge in [-0.25, -0.2) is 4.98 Å². The molecule has 0 spiro atoms. The normalized spacial score (nSPS) is 11.2. The quantitative estimate of drug-likeness (QED) is 0.400. The van der Waals surface area contributed by atoms with E-state index >= 15 is 0 Å². The molecule has 0 saturated carbocycles. The first-order valence-electron chi connectivity index (χ1n) is 7.49. The second-order valence-electron chi connectivity index (χ2n) is 5.74. The van der Waals surface area contributed by atoms with Crippen molar-refractivity contribution >= 4 is 43.4 Å². The summed E-state index contributed by atoms with van der Waals surface area (Å²) in [6, 6.07) is 17.5. The maximum atomic E-state index is 12.8. The van der Waals surface area contributed by atoms with Crippen LogP contribution in [0.1, 0.15) is 0 Å². The molecule has 1 heterocycles. The molecule has 4 aromatic rings. The van der Waals surface area contributed by atoms with Crippen molar-refractivity contribution in [2.45, 2.75) is 0 Å². The third kappa shape index (κ3) is 2.29. The number of nitrogens with zero attached hydrogens (tertiary/aromatic N) is 2. The predicted molar refractivity (Wildman–Crippen MR) is 102 cm³/mol. The van der Waals surface area contributed by atoms with E-state index in [0.717, 1.165) is 26.3 Å². The van der Waals surface area contributed by atoms with Crippen LogP contribution in [0.15, 0.2) is 63.9 Å². The minimum Gasteiger partial charge on any atom is -0.398 e. The lowest BCUT2D eigenvalue weighted by molar-refractivity contribution is 0.896. The maximum absolute atomic E-state index is 12.8. The average Bonchev–Trinajstić information content (AvgIpc) is 2.59. The Labute approximate surface area is 146 Å². The molecular formula is C19H14BrN3O. The zero-order valence-electron chi connectivity index (χ0n) is 13.0. The fourth-order valence-electron chi connectivity index (χ4n) is 2.92. The van der Waals surface area contributed by atoms with Crippen molar-refractivity contribution in [2.24, 2.45) is 7.05 Å². The molecule has 0 aliphatic rings. The molecule has 0 atom stereocenters. The summed E-state index contributed by atoms with van der Waals surface area (Å²) in [5, 5.41) is 2.17.